The fraction of sp³-hybridized carbons (Fsp3) is 0.419. The summed E-state index contributed by atoms with van der Waals surface area (Å²) in [6.45, 7) is 5.85. The van der Waals surface area contributed by atoms with E-state index in [1.165, 1.54) is 12.2 Å². The van der Waals surface area contributed by atoms with Crippen LogP contribution in [0.15, 0.2) is 66.3 Å². The van der Waals surface area contributed by atoms with Gasteiger partial charge in [0.2, 0.25) is 0 Å². The molecule has 4 heteroatoms. The van der Waals surface area contributed by atoms with Crippen LogP contribution in [-0.2, 0) is 17.6 Å². The van der Waals surface area contributed by atoms with E-state index in [4.69, 9.17) is 0 Å². The number of Topliss-reactive ketones (excluding diaryl/α,β-unsaturated/α-hetero) is 1. The molecule has 0 heterocycles. The van der Waals surface area contributed by atoms with Crippen molar-refractivity contribution in [1.82, 2.24) is 0 Å². The van der Waals surface area contributed by atoms with Crippen LogP contribution < -0.4 is 0 Å². The van der Waals surface area contributed by atoms with E-state index in [9.17, 15) is 19.8 Å². The first-order valence-electron chi connectivity index (χ1n) is 12.9. The standard InChI is InChI=1S/C31H38O4/c1-4-6-8-14-22-16-10-12-18-24(22)29(34)28-26(32)20-21-27(33)31(28,3)30(35)25-19-13-11-17-23(25)15-9-7-5-2/h10-13,16-21,27,33-34H,4-9,14-15H2,1-3H3. The lowest BCUT2D eigenvalue weighted by Crippen LogP contribution is -2.46. The number of aliphatic hydroxyl groups excluding tert-OH is 2. The van der Waals surface area contributed by atoms with Crippen molar-refractivity contribution < 1.29 is 19.8 Å². The summed E-state index contributed by atoms with van der Waals surface area (Å²) in [7, 11) is 0. The molecule has 2 atom stereocenters. The molecule has 2 aromatic carbocycles. The zero-order chi connectivity index (χ0) is 25.4. The van der Waals surface area contributed by atoms with Crippen LogP contribution in [0.5, 0.6) is 0 Å². The number of ketones is 2. The SMILES string of the molecule is CCCCCc1ccccc1C(=O)C1(C)C(=C(O)c2ccccc2CCCCC)C(=O)C=CC1O. The van der Waals surface area contributed by atoms with Crippen molar-refractivity contribution in [1.29, 1.82) is 0 Å². The molecule has 3 rings (SSSR count). The number of carbonyl (C=O) groups excluding carboxylic acids is 2. The van der Waals surface area contributed by atoms with Crippen molar-refractivity contribution in [3.8, 4) is 0 Å². The number of unbranched alkanes of at least 4 members (excludes halogenated alkanes) is 4. The van der Waals surface area contributed by atoms with E-state index in [1.54, 1.807) is 25.1 Å². The van der Waals surface area contributed by atoms with Crippen molar-refractivity contribution in [3.05, 3.63) is 88.5 Å². The Bertz CT molecular complexity index is 1110. The van der Waals surface area contributed by atoms with Gasteiger partial charge in [0, 0.05) is 11.1 Å². The molecule has 0 saturated carbocycles. The summed E-state index contributed by atoms with van der Waals surface area (Å²) in [5, 5.41) is 22.6. The van der Waals surface area contributed by atoms with Gasteiger partial charge in [-0.3, -0.25) is 9.59 Å². The largest absolute Gasteiger partial charge is 0.507 e. The van der Waals surface area contributed by atoms with Gasteiger partial charge < -0.3 is 10.2 Å². The highest BCUT2D eigenvalue weighted by atomic mass is 16.3. The lowest BCUT2D eigenvalue weighted by molar-refractivity contribution is -0.113. The number of hydrogen-bond acceptors (Lipinski definition) is 4. The summed E-state index contributed by atoms with van der Waals surface area (Å²) in [6, 6.07) is 14.9. The van der Waals surface area contributed by atoms with Crippen molar-refractivity contribution in [2.75, 3.05) is 0 Å². The predicted molar refractivity (Wildman–Crippen MR) is 141 cm³/mol. The lowest BCUT2D eigenvalue weighted by Gasteiger charge is -2.36. The molecule has 1 aliphatic carbocycles. The molecule has 0 saturated heterocycles. The van der Waals surface area contributed by atoms with Crippen molar-refractivity contribution in [3.63, 3.8) is 0 Å². The van der Waals surface area contributed by atoms with Gasteiger partial charge in [-0.2, -0.15) is 0 Å². The van der Waals surface area contributed by atoms with E-state index in [2.05, 4.69) is 13.8 Å². The summed E-state index contributed by atoms with van der Waals surface area (Å²) in [5.41, 5.74) is 1.23. The van der Waals surface area contributed by atoms with E-state index >= 15 is 0 Å². The second kappa shape index (κ2) is 12.1. The molecular formula is C31H38O4. The minimum Gasteiger partial charge on any atom is -0.507 e. The van der Waals surface area contributed by atoms with Crippen molar-refractivity contribution >= 4 is 17.3 Å². The van der Waals surface area contributed by atoms with Crippen LogP contribution in [0.25, 0.3) is 5.76 Å². The highest BCUT2D eigenvalue weighted by Gasteiger charge is 2.50. The Morgan fingerprint density at radius 2 is 1.37 bits per heavy atom. The van der Waals surface area contributed by atoms with Gasteiger partial charge in [0.05, 0.1) is 17.1 Å². The molecule has 0 aromatic heterocycles. The van der Waals surface area contributed by atoms with Crippen molar-refractivity contribution in [2.24, 2.45) is 5.41 Å². The minimum atomic E-state index is -1.60. The zero-order valence-corrected chi connectivity index (χ0v) is 21.2. The van der Waals surface area contributed by atoms with E-state index < -0.39 is 17.3 Å². The van der Waals surface area contributed by atoms with Crippen LogP contribution in [-0.4, -0.2) is 27.9 Å². The molecule has 0 amide bonds. The van der Waals surface area contributed by atoms with Crippen LogP contribution in [0.3, 0.4) is 0 Å². The first kappa shape index (κ1) is 26.6. The smallest absolute Gasteiger partial charge is 0.186 e. The number of benzene rings is 2. The first-order valence-corrected chi connectivity index (χ1v) is 12.9. The Morgan fingerprint density at radius 3 is 1.94 bits per heavy atom. The molecule has 0 fully saturated rings. The van der Waals surface area contributed by atoms with Gasteiger partial charge in [-0.1, -0.05) is 94.1 Å². The normalized spacial score (nSPS) is 21.3. The van der Waals surface area contributed by atoms with Gasteiger partial charge >= 0.3 is 0 Å². The second-order valence-corrected chi connectivity index (χ2v) is 9.65. The van der Waals surface area contributed by atoms with Gasteiger partial charge in [0.25, 0.3) is 0 Å². The van der Waals surface area contributed by atoms with E-state index in [-0.39, 0.29) is 17.1 Å². The van der Waals surface area contributed by atoms with Crippen LogP contribution in [0.2, 0.25) is 0 Å². The van der Waals surface area contributed by atoms with Crippen LogP contribution >= 0.6 is 0 Å². The lowest BCUT2D eigenvalue weighted by atomic mass is 9.66. The maximum atomic E-state index is 14.1. The quantitative estimate of drug-likeness (QED) is 0.162. The number of carbonyl (C=O) groups is 2. The Balaban J connectivity index is 2.12. The fourth-order valence-electron chi connectivity index (χ4n) is 4.94. The maximum absolute atomic E-state index is 14.1. The Hall–Kier alpha value is -2.98. The number of allylic oxidation sites excluding steroid dienone is 1. The predicted octanol–water partition coefficient (Wildman–Crippen LogP) is 6.81. The summed E-state index contributed by atoms with van der Waals surface area (Å²) >= 11 is 0. The monoisotopic (exact) mass is 474 g/mol. The third kappa shape index (κ3) is 5.65. The van der Waals surface area contributed by atoms with E-state index in [0.29, 0.717) is 11.1 Å². The number of aryl methyl sites for hydroxylation is 2. The first-order chi connectivity index (χ1) is 16.9. The van der Waals surface area contributed by atoms with Crippen LogP contribution in [0.4, 0.5) is 0 Å². The zero-order valence-electron chi connectivity index (χ0n) is 21.2. The summed E-state index contributed by atoms with van der Waals surface area (Å²) < 4.78 is 0. The van der Waals surface area contributed by atoms with Crippen molar-refractivity contribution in [2.45, 2.75) is 78.2 Å². The molecule has 0 spiro atoms. The molecule has 2 N–H and O–H groups in total. The number of rotatable bonds is 11. The highest BCUT2D eigenvalue weighted by molar-refractivity contribution is 6.18. The van der Waals surface area contributed by atoms with Gasteiger partial charge in [-0.05, 0) is 49.8 Å². The summed E-state index contributed by atoms with van der Waals surface area (Å²) in [5.74, 6) is -1.01. The molecule has 0 aliphatic heterocycles. The van der Waals surface area contributed by atoms with Gasteiger partial charge in [-0.25, -0.2) is 0 Å². The van der Waals surface area contributed by atoms with E-state index in [0.717, 1.165) is 62.5 Å². The molecule has 35 heavy (non-hydrogen) atoms. The fourth-order valence-corrected chi connectivity index (χ4v) is 4.94. The Labute approximate surface area is 209 Å². The third-order valence-electron chi connectivity index (χ3n) is 7.13. The Kier molecular flexibility index (Phi) is 9.22. The summed E-state index contributed by atoms with van der Waals surface area (Å²) in [4.78, 5) is 27.3. The maximum Gasteiger partial charge on any atom is 0.186 e. The van der Waals surface area contributed by atoms with Gasteiger partial charge in [-0.15, -0.1) is 0 Å². The van der Waals surface area contributed by atoms with Crippen LogP contribution in [0.1, 0.15) is 86.3 Å². The second-order valence-electron chi connectivity index (χ2n) is 9.65. The van der Waals surface area contributed by atoms with E-state index in [1.807, 2.05) is 30.3 Å². The third-order valence-corrected chi connectivity index (χ3v) is 7.13. The average Bonchev–Trinajstić information content (AvgIpc) is 2.87. The molecule has 0 radical (unpaired) electrons. The number of hydrogen-bond donors (Lipinski definition) is 2. The highest BCUT2D eigenvalue weighted by Crippen LogP contribution is 2.43. The molecule has 0 bridgehead atoms. The molecule has 2 aromatic rings. The van der Waals surface area contributed by atoms with Gasteiger partial charge in [0.1, 0.15) is 5.76 Å². The topological polar surface area (TPSA) is 74.6 Å². The minimum absolute atomic E-state index is 0.0381. The number of aliphatic hydroxyl groups is 2. The van der Waals surface area contributed by atoms with Gasteiger partial charge in [0.15, 0.2) is 11.6 Å². The Morgan fingerprint density at radius 1 is 0.857 bits per heavy atom. The molecule has 2 unspecified atom stereocenters. The molecule has 1 aliphatic rings. The average molecular weight is 475 g/mol. The molecule has 4 nitrogen and oxygen atoms in total. The summed E-state index contributed by atoms with van der Waals surface area (Å²) in [6.07, 6.45) is 9.10. The molecular weight excluding hydrogens is 436 g/mol. The van der Waals surface area contributed by atoms with Crippen LogP contribution in [0, 0.1) is 5.41 Å². The molecule has 186 valence electrons.